The topological polar surface area (TPSA) is 36.1 Å². The van der Waals surface area contributed by atoms with Crippen LogP contribution in [0.15, 0.2) is 0 Å². The van der Waals surface area contributed by atoms with E-state index in [1.54, 1.807) is 0 Å². The van der Waals surface area contributed by atoms with E-state index >= 15 is 0 Å². The molecule has 2 fully saturated rings. The van der Waals surface area contributed by atoms with Crippen LogP contribution < -0.4 is 16.0 Å². The van der Waals surface area contributed by atoms with E-state index in [4.69, 9.17) is 0 Å². The molecular formula is C9H19N3. The van der Waals surface area contributed by atoms with Crippen LogP contribution in [0, 0.1) is 5.41 Å². The Morgan fingerprint density at radius 3 is 1.83 bits per heavy atom. The Kier molecular flexibility index (Phi) is 2.63. The fraction of sp³-hybridized carbons (Fsp3) is 1.00. The average Bonchev–Trinajstić information content (AvgIpc) is 2.33. The first kappa shape index (κ1) is 8.48. The molecule has 2 aliphatic rings. The molecule has 12 heavy (non-hydrogen) atoms. The van der Waals surface area contributed by atoms with Crippen LogP contribution in [-0.4, -0.2) is 39.3 Å². The minimum atomic E-state index is 0.557. The summed E-state index contributed by atoms with van der Waals surface area (Å²) in [5.41, 5.74) is 0.557. The van der Waals surface area contributed by atoms with E-state index in [0.717, 1.165) is 13.1 Å². The van der Waals surface area contributed by atoms with Crippen LogP contribution in [0.4, 0.5) is 0 Å². The number of rotatable bonds is 0. The van der Waals surface area contributed by atoms with E-state index in [-0.39, 0.29) is 0 Å². The number of hydrogen-bond donors (Lipinski definition) is 3. The molecule has 2 heterocycles. The van der Waals surface area contributed by atoms with Crippen molar-refractivity contribution in [1.82, 2.24) is 16.0 Å². The molecule has 0 atom stereocenters. The Morgan fingerprint density at radius 1 is 0.667 bits per heavy atom. The summed E-state index contributed by atoms with van der Waals surface area (Å²) >= 11 is 0. The van der Waals surface area contributed by atoms with Crippen LogP contribution >= 0.6 is 0 Å². The van der Waals surface area contributed by atoms with Gasteiger partial charge in [0.2, 0.25) is 0 Å². The summed E-state index contributed by atoms with van der Waals surface area (Å²) in [6, 6.07) is 0. The molecule has 0 saturated carbocycles. The van der Waals surface area contributed by atoms with Gasteiger partial charge in [-0.05, 0) is 31.3 Å². The summed E-state index contributed by atoms with van der Waals surface area (Å²) in [5.74, 6) is 0. The molecule has 0 radical (unpaired) electrons. The third-order valence-corrected chi connectivity index (χ3v) is 3.14. The van der Waals surface area contributed by atoms with Gasteiger partial charge in [0, 0.05) is 26.2 Å². The molecule has 1 spiro atoms. The number of hydrogen-bond acceptors (Lipinski definition) is 3. The van der Waals surface area contributed by atoms with E-state index in [2.05, 4.69) is 16.0 Å². The Bertz CT molecular complexity index is 131. The maximum absolute atomic E-state index is 3.52. The average molecular weight is 169 g/mol. The summed E-state index contributed by atoms with van der Waals surface area (Å²) < 4.78 is 0. The van der Waals surface area contributed by atoms with Gasteiger partial charge < -0.3 is 16.0 Å². The molecule has 0 unspecified atom stereocenters. The second-order valence-corrected chi connectivity index (χ2v) is 4.10. The van der Waals surface area contributed by atoms with Crippen molar-refractivity contribution < 1.29 is 0 Å². The summed E-state index contributed by atoms with van der Waals surface area (Å²) in [6.07, 6.45) is 2.65. The van der Waals surface area contributed by atoms with Crippen LogP contribution in [0.3, 0.4) is 0 Å². The zero-order valence-electron chi connectivity index (χ0n) is 7.66. The molecule has 0 aromatic carbocycles. The monoisotopic (exact) mass is 169 g/mol. The van der Waals surface area contributed by atoms with Crippen molar-refractivity contribution >= 4 is 0 Å². The Morgan fingerprint density at radius 2 is 1.25 bits per heavy atom. The van der Waals surface area contributed by atoms with Gasteiger partial charge >= 0.3 is 0 Å². The van der Waals surface area contributed by atoms with Gasteiger partial charge in [0.15, 0.2) is 0 Å². The molecule has 0 aliphatic carbocycles. The van der Waals surface area contributed by atoms with Gasteiger partial charge in [0.25, 0.3) is 0 Å². The lowest BCUT2D eigenvalue weighted by Crippen LogP contribution is -2.46. The second-order valence-electron chi connectivity index (χ2n) is 4.10. The minimum absolute atomic E-state index is 0.557. The van der Waals surface area contributed by atoms with E-state index in [1.165, 1.54) is 39.0 Å². The maximum atomic E-state index is 3.52. The van der Waals surface area contributed by atoms with Gasteiger partial charge in [-0.3, -0.25) is 0 Å². The molecule has 3 heteroatoms. The van der Waals surface area contributed by atoms with Gasteiger partial charge in [0.1, 0.15) is 0 Å². The molecule has 2 saturated heterocycles. The highest BCUT2D eigenvalue weighted by atomic mass is 15.0. The van der Waals surface area contributed by atoms with Gasteiger partial charge in [-0.1, -0.05) is 0 Å². The van der Waals surface area contributed by atoms with Crippen molar-refractivity contribution in [2.24, 2.45) is 5.41 Å². The van der Waals surface area contributed by atoms with E-state index in [0.29, 0.717) is 5.41 Å². The van der Waals surface area contributed by atoms with Crippen molar-refractivity contribution in [2.75, 3.05) is 39.3 Å². The summed E-state index contributed by atoms with van der Waals surface area (Å²) in [7, 11) is 0. The lowest BCUT2D eigenvalue weighted by atomic mass is 9.79. The zero-order chi connectivity index (χ0) is 8.28. The largest absolute Gasteiger partial charge is 0.317 e. The number of piperidine rings is 1. The first-order valence-corrected chi connectivity index (χ1v) is 5.04. The third kappa shape index (κ3) is 1.79. The molecule has 70 valence electrons. The predicted molar refractivity (Wildman–Crippen MR) is 50.3 cm³/mol. The minimum Gasteiger partial charge on any atom is -0.317 e. The second kappa shape index (κ2) is 3.73. The first-order chi connectivity index (χ1) is 5.91. The lowest BCUT2D eigenvalue weighted by molar-refractivity contribution is 0.203. The highest BCUT2D eigenvalue weighted by Crippen LogP contribution is 2.27. The van der Waals surface area contributed by atoms with Crippen molar-refractivity contribution in [3.8, 4) is 0 Å². The Labute approximate surface area is 74.3 Å². The maximum Gasteiger partial charge on any atom is 0.00769 e. The van der Waals surface area contributed by atoms with Gasteiger partial charge in [-0.15, -0.1) is 0 Å². The Hall–Kier alpha value is -0.120. The number of nitrogens with one attached hydrogen (secondary N) is 3. The molecule has 0 aromatic heterocycles. The van der Waals surface area contributed by atoms with Gasteiger partial charge in [-0.25, -0.2) is 0 Å². The fourth-order valence-corrected chi connectivity index (χ4v) is 2.26. The van der Waals surface area contributed by atoms with Crippen LogP contribution in [0.1, 0.15) is 12.8 Å². The van der Waals surface area contributed by atoms with Crippen LogP contribution in [-0.2, 0) is 0 Å². The highest BCUT2D eigenvalue weighted by Gasteiger charge is 2.32. The fourth-order valence-electron chi connectivity index (χ4n) is 2.26. The molecule has 3 N–H and O–H groups in total. The zero-order valence-corrected chi connectivity index (χ0v) is 7.66. The third-order valence-electron chi connectivity index (χ3n) is 3.14. The quantitative estimate of drug-likeness (QED) is 0.460. The molecule has 3 nitrogen and oxygen atoms in total. The Balaban J connectivity index is 1.95. The molecule has 0 bridgehead atoms. The summed E-state index contributed by atoms with van der Waals surface area (Å²) in [6.45, 7) is 7.08. The van der Waals surface area contributed by atoms with E-state index < -0.39 is 0 Å². The molecule has 2 aliphatic heterocycles. The predicted octanol–water partition coefficient (Wildman–Crippen LogP) is -0.451. The lowest BCUT2D eigenvalue weighted by Gasteiger charge is -2.36. The van der Waals surface area contributed by atoms with Crippen molar-refractivity contribution in [1.29, 1.82) is 0 Å². The summed E-state index contributed by atoms with van der Waals surface area (Å²) in [4.78, 5) is 0. The summed E-state index contributed by atoms with van der Waals surface area (Å²) in [5, 5.41) is 10.5. The normalized spacial score (nSPS) is 30.0. The smallest absolute Gasteiger partial charge is 0.00769 e. The highest BCUT2D eigenvalue weighted by molar-refractivity contribution is 4.90. The van der Waals surface area contributed by atoms with Crippen molar-refractivity contribution in [3.05, 3.63) is 0 Å². The standard InChI is InChI=1S/C9H19N3/c1-3-10-4-2-9(1)7-11-5-6-12-8-9/h10-12H,1-8H2. The van der Waals surface area contributed by atoms with E-state index in [1.807, 2.05) is 0 Å². The van der Waals surface area contributed by atoms with Gasteiger partial charge in [-0.2, -0.15) is 0 Å². The SMILES string of the molecule is C1CC2(CCN1)CNCCNC2. The molecular weight excluding hydrogens is 150 g/mol. The molecule has 0 amide bonds. The van der Waals surface area contributed by atoms with Gasteiger partial charge in [0.05, 0.1) is 0 Å². The van der Waals surface area contributed by atoms with Crippen molar-refractivity contribution in [2.45, 2.75) is 12.8 Å². The molecule has 2 rings (SSSR count). The van der Waals surface area contributed by atoms with Crippen LogP contribution in [0.2, 0.25) is 0 Å². The first-order valence-electron chi connectivity index (χ1n) is 5.04. The van der Waals surface area contributed by atoms with Crippen molar-refractivity contribution in [3.63, 3.8) is 0 Å². The molecule has 0 aromatic rings. The van der Waals surface area contributed by atoms with Crippen LogP contribution in [0.25, 0.3) is 0 Å². The van der Waals surface area contributed by atoms with Crippen LogP contribution in [0.5, 0.6) is 0 Å². The van der Waals surface area contributed by atoms with E-state index in [9.17, 15) is 0 Å².